The van der Waals surface area contributed by atoms with E-state index in [9.17, 15) is 13.2 Å². The molecule has 0 saturated carbocycles. The minimum absolute atomic E-state index is 0.363. The Kier molecular flexibility index (Phi) is 5.61. The predicted octanol–water partition coefficient (Wildman–Crippen LogP) is 3.76. The molecule has 1 aromatic heterocycles. The molecule has 0 aliphatic rings. The lowest BCUT2D eigenvalue weighted by atomic mass is 10.1. The molecule has 0 unspecified atom stereocenters. The maximum Gasteiger partial charge on any atom is 0.417 e. The Morgan fingerprint density at radius 2 is 1.64 bits per heavy atom. The standard InChI is InChI=1S/C17H19F3N2O3/c1-22(14-8-6-12(9-21-14)17(18,19)20)10-11-5-7-13(23-2)16(25-4)15(11)24-3/h5-9H,10H2,1-4H3. The van der Waals surface area contributed by atoms with Gasteiger partial charge >= 0.3 is 6.18 Å². The third-order valence-electron chi connectivity index (χ3n) is 3.66. The van der Waals surface area contributed by atoms with E-state index in [1.165, 1.54) is 27.4 Å². The van der Waals surface area contributed by atoms with Crippen molar-refractivity contribution in [2.75, 3.05) is 33.3 Å². The Labute approximate surface area is 143 Å². The Hall–Kier alpha value is -2.64. The average Bonchev–Trinajstić information content (AvgIpc) is 2.60. The van der Waals surface area contributed by atoms with E-state index in [0.29, 0.717) is 29.6 Å². The first-order valence-electron chi connectivity index (χ1n) is 7.34. The summed E-state index contributed by atoms with van der Waals surface area (Å²) in [5.74, 6) is 1.89. The molecule has 2 rings (SSSR count). The molecule has 0 fully saturated rings. The van der Waals surface area contributed by atoms with Crippen molar-refractivity contribution < 1.29 is 27.4 Å². The highest BCUT2D eigenvalue weighted by Gasteiger charge is 2.30. The summed E-state index contributed by atoms with van der Waals surface area (Å²) in [5, 5.41) is 0. The van der Waals surface area contributed by atoms with Gasteiger partial charge in [-0.05, 0) is 24.3 Å². The molecule has 0 radical (unpaired) electrons. The molecule has 2 aromatic rings. The van der Waals surface area contributed by atoms with E-state index in [1.807, 2.05) is 0 Å². The molecule has 8 heteroatoms. The Morgan fingerprint density at radius 3 is 2.12 bits per heavy atom. The molecule has 0 bridgehead atoms. The molecule has 0 aliphatic heterocycles. The molecule has 0 aliphatic carbocycles. The van der Waals surface area contributed by atoms with Crippen molar-refractivity contribution in [2.24, 2.45) is 0 Å². The number of anilines is 1. The van der Waals surface area contributed by atoms with Crippen LogP contribution in [0.3, 0.4) is 0 Å². The minimum atomic E-state index is -4.41. The Bertz CT molecular complexity index is 718. The number of halogens is 3. The number of alkyl halides is 3. The van der Waals surface area contributed by atoms with Crippen LogP contribution in [0.2, 0.25) is 0 Å². The van der Waals surface area contributed by atoms with Crippen molar-refractivity contribution >= 4 is 5.82 Å². The largest absolute Gasteiger partial charge is 0.493 e. The first-order chi connectivity index (χ1) is 11.8. The summed E-state index contributed by atoms with van der Waals surface area (Å²) in [6.07, 6.45) is -3.59. The van der Waals surface area contributed by atoms with Crippen molar-refractivity contribution in [2.45, 2.75) is 12.7 Å². The maximum absolute atomic E-state index is 12.6. The maximum atomic E-state index is 12.6. The van der Waals surface area contributed by atoms with Gasteiger partial charge in [-0.2, -0.15) is 13.2 Å². The van der Waals surface area contributed by atoms with Crippen LogP contribution in [0.15, 0.2) is 30.5 Å². The number of nitrogens with zero attached hydrogens (tertiary/aromatic N) is 2. The van der Waals surface area contributed by atoms with Gasteiger partial charge in [0.1, 0.15) is 5.82 Å². The number of hydrogen-bond acceptors (Lipinski definition) is 5. The van der Waals surface area contributed by atoms with Gasteiger partial charge in [0, 0.05) is 25.4 Å². The fraction of sp³-hybridized carbons (Fsp3) is 0.353. The minimum Gasteiger partial charge on any atom is -0.493 e. The molecule has 0 saturated heterocycles. The number of benzene rings is 1. The number of ether oxygens (including phenoxy) is 3. The van der Waals surface area contributed by atoms with Crippen LogP contribution in [0.4, 0.5) is 19.0 Å². The van der Waals surface area contributed by atoms with Gasteiger partial charge in [0.25, 0.3) is 0 Å². The highest BCUT2D eigenvalue weighted by atomic mass is 19.4. The Morgan fingerprint density at radius 1 is 0.960 bits per heavy atom. The fourth-order valence-corrected chi connectivity index (χ4v) is 2.40. The normalized spacial score (nSPS) is 11.2. The van der Waals surface area contributed by atoms with Gasteiger partial charge in [-0.3, -0.25) is 0 Å². The zero-order valence-electron chi connectivity index (χ0n) is 14.3. The van der Waals surface area contributed by atoms with Crippen LogP contribution in [0.1, 0.15) is 11.1 Å². The van der Waals surface area contributed by atoms with Crippen LogP contribution in [-0.2, 0) is 12.7 Å². The zero-order chi connectivity index (χ0) is 18.6. The first kappa shape index (κ1) is 18.7. The van der Waals surface area contributed by atoms with E-state index >= 15 is 0 Å². The van der Waals surface area contributed by atoms with Gasteiger partial charge in [0.15, 0.2) is 11.5 Å². The summed E-state index contributed by atoms with van der Waals surface area (Å²) >= 11 is 0. The van der Waals surface area contributed by atoms with Crippen molar-refractivity contribution in [3.05, 3.63) is 41.6 Å². The van der Waals surface area contributed by atoms with Crippen molar-refractivity contribution in [3.63, 3.8) is 0 Å². The molecule has 5 nitrogen and oxygen atoms in total. The topological polar surface area (TPSA) is 43.8 Å². The third kappa shape index (κ3) is 4.07. The smallest absolute Gasteiger partial charge is 0.417 e. The molecular weight excluding hydrogens is 337 g/mol. The van der Waals surface area contributed by atoms with Gasteiger partial charge in [-0.1, -0.05) is 0 Å². The summed E-state index contributed by atoms with van der Waals surface area (Å²) < 4.78 is 53.8. The van der Waals surface area contributed by atoms with Crippen LogP contribution in [-0.4, -0.2) is 33.4 Å². The second-order valence-electron chi connectivity index (χ2n) is 5.25. The second-order valence-corrected chi connectivity index (χ2v) is 5.25. The second kappa shape index (κ2) is 7.50. The monoisotopic (exact) mass is 356 g/mol. The molecule has 1 heterocycles. The van der Waals surface area contributed by atoms with E-state index in [2.05, 4.69) is 4.98 Å². The number of methoxy groups -OCH3 is 3. The number of aromatic nitrogens is 1. The summed E-state index contributed by atoms with van der Waals surface area (Å²) in [4.78, 5) is 5.59. The summed E-state index contributed by atoms with van der Waals surface area (Å²) in [5.41, 5.74) is -0.00213. The van der Waals surface area contributed by atoms with Gasteiger partial charge in [0.2, 0.25) is 5.75 Å². The highest BCUT2D eigenvalue weighted by Crippen LogP contribution is 2.40. The van der Waals surface area contributed by atoms with Crippen LogP contribution in [0.25, 0.3) is 0 Å². The molecule has 136 valence electrons. The summed E-state index contributed by atoms with van der Waals surface area (Å²) in [6, 6.07) is 5.88. The lowest BCUT2D eigenvalue weighted by Crippen LogP contribution is -2.19. The zero-order valence-corrected chi connectivity index (χ0v) is 14.3. The van der Waals surface area contributed by atoms with Crippen molar-refractivity contribution in [1.29, 1.82) is 0 Å². The van der Waals surface area contributed by atoms with Gasteiger partial charge < -0.3 is 19.1 Å². The van der Waals surface area contributed by atoms with Crippen LogP contribution >= 0.6 is 0 Å². The lowest BCUT2D eigenvalue weighted by molar-refractivity contribution is -0.137. The van der Waals surface area contributed by atoms with Gasteiger partial charge in [-0.15, -0.1) is 0 Å². The number of pyridine rings is 1. The van der Waals surface area contributed by atoms with E-state index in [4.69, 9.17) is 14.2 Å². The quantitative estimate of drug-likeness (QED) is 0.788. The van der Waals surface area contributed by atoms with Crippen LogP contribution in [0, 0.1) is 0 Å². The highest BCUT2D eigenvalue weighted by molar-refractivity contribution is 5.56. The molecule has 0 N–H and O–H groups in total. The lowest BCUT2D eigenvalue weighted by Gasteiger charge is -2.22. The fourth-order valence-electron chi connectivity index (χ4n) is 2.40. The molecule has 25 heavy (non-hydrogen) atoms. The molecule has 0 spiro atoms. The number of rotatable bonds is 6. The predicted molar refractivity (Wildman–Crippen MR) is 87.4 cm³/mol. The molecular formula is C17H19F3N2O3. The van der Waals surface area contributed by atoms with Crippen LogP contribution < -0.4 is 19.1 Å². The van der Waals surface area contributed by atoms with E-state index < -0.39 is 11.7 Å². The summed E-state index contributed by atoms with van der Waals surface area (Å²) in [7, 11) is 6.27. The summed E-state index contributed by atoms with van der Waals surface area (Å²) in [6.45, 7) is 0.363. The SMILES string of the molecule is COc1ccc(CN(C)c2ccc(C(F)(F)F)cn2)c(OC)c1OC. The molecule has 0 amide bonds. The van der Waals surface area contributed by atoms with Gasteiger partial charge in [0.05, 0.1) is 26.9 Å². The van der Waals surface area contributed by atoms with Crippen LogP contribution in [0.5, 0.6) is 17.2 Å². The molecule has 0 atom stereocenters. The first-order valence-corrected chi connectivity index (χ1v) is 7.34. The Balaban J connectivity index is 2.27. The average molecular weight is 356 g/mol. The van der Waals surface area contributed by atoms with Crippen molar-refractivity contribution in [3.8, 4) is 17.2 Å². The van der Waals surface area contributed by atoms with E-state index in [0.717, 1.165) is 17.8 Å². The molecule has 1 aromatic carbocycles. The number of hydrogen-bond donors (Lipinski definition) is 0. The van der Waals surface area contributed by atoms with E-state index in [-0.39, 0.29) is 0 Å². The van der Waals surface area contributed by atoms with Gasteiger partial charge in [-0.25, -0.2) is 4.98 Å². The van der Waals surface area contributed by atoms with E-state index in [1.54, 1.807) is 24.1 Å². The third-order valence-corrected chi connectivity index (χ3v) is 3.66. The van der Waals surface area contributed by atoms with Crippen molar-refractivity contribution in [1.82, 2.24) is 4.98 Å².